The third kappa shape index (κ3) is 1.98. The summed E-state index contributed by atoms with van der Waals surface area (Å²) >= 11 is 0. The van der Waals surface area contributed by atoms with Gasteiger partial charge >= 0.3 is 0 Å². The lowest BCUT2D eigenvalue weighted by molar-refractivity contribution is 0.177. The van der Waals surface area contributed by atoms with Crippen LogP contribution in [0.1, 0.15) is 32.0 Å². The highest BCUT2D eigenvalue weighted by molar-refractivity contribution is 4.95. The summed E-state index contributed by atoms with van der Waals surface area (Å²) in [6.07, 6.45) is 7.93. The van der Waals surface area contributed by atoms with Gasteiger partial charge < -0.3 is 9.67 Å². The largest absolute Gasteiger partial charge is 0.393 e. The third-order valence-corrected chi connectivity index (χ3v) is 3.13. The fraction of sp³-hybridized carbons (Fsp3) is 0.727. The molecule has 14 heavy (non-hydrogen) atoms. The highest BCUT2D eigenvalue weighted by atomic mass is 16.3. The summed E-state index contributed by atoms with van der Waals surface area (Å²) in [5.41, 5.74) is 0. The predicted molar refractivity (Wildman–Crippen MR) is 55.0 cm³/mol. The number of nitrogens with zero attached hydrogens (tertiary/aromatic N) is 2. The maximum Gasteiger partial charge on any atom is 0.108 e. The molecule has 1 aliphatic carbocycles. The van der Waals surface area contributed by atoms with Gasteiger partial charge in [0.15, 0.2) is 0 Å². The van der Waals surface area contributed by atoms with Crippen molar-refractivity contribution in [2.45, 2.75) is 45.3 Å². The van der Waals surface area contributed by atoms with Crippen LogP contribution in [0.25, 0.3) is 0 Å². The van der Waals surface area contributed by atoms with E-state index in [1.165, 1.54) is 5.82 Å². The van der Waals surface area contributed by atoms with E-state index in [1.807, 2.05) is 12.4 Å². The Bertz CT molecular complexity index is 295. The molecule has 2 rings (SSSR count). The first kappa shape index (κ1) is 9.71. The molecule has 1 fully saturated rings. The second kappa shape index (κ2) is 4.13. The quantitative estimate of drug-likeness (QED) is 0.793. The first-order valence-electron chi connectivity index (χ1n) is 5.47. The molecule has 0 bridgehead atoms. The van der Waals surface area contributed by atoms with Gasteiger partial charge in [0.2, 0.25) is 0 Å². The second-order valence-corrected chi connectivity index (χ2v) is 4.17. The lowest BCUT2D eigenvalue weighted by atomic mass is 10.0. The fourth-order valence-electron chi connectivity index (χ4n) is 2.31. The lowest BCUT2D eigenvalue weighted by Gasteiger charge is -2.09. The SMILES string of the molecule is CCn1ccnc1CC1CCC(O)C1. The van der Waals surface area contributed by atoms with E-state index in [4.69, 9.17) is 0 Å². The molecule has 0 aromatic carbocycles. The molecule has 1 heterocycles. The third-order valence-electron chi connectivity index (χ3n) is 3.13. The Hall–Kier alpha value is -0.830. The van der Waals surface area contributed by atoms with Gasteiger partial charge in [-0.25, -0.2) is 4.98 Å². The molecule has 2 unspecified atom stereocenters. The van der Waals surface area contributed by atoms with Crippen LogP contribution in [0.2, 0.25) is 0 Å². The number of aryl methyl sites for hydroxylation is 1. The van der Waals surface area contributed by atoms with Crippen LogP contribution in [0.5, 0.6) is 0 Å². The van der Waals surface area contributed by atoms with Crippen LogP contribution in [0.15, 0.2) is 12.4 Å². The monoisotopic (exact) mass is 194 g/mol. The summed E-state index contributed by atoms with van der Waals surface area (Å²) in [7, 11) is 0. The molecule has 3 nitrogen and oxygen atoms in total. The van der Waals surface area contributed by atoms with Crippen LogP contribution in [0, 0.1) is 5.92 Å². The Morgan fingerprint density at radius 2 is 2.43 bits per heavy atom. The number of aliphatic hydroxyl groups is 1. The first-order chi connectivity index (χ1) is 6.79. The van der Waals surface area contributed by atoms with E-state index in [-0.39, 0.29) is 6.10 Å². The van der Waals surface area contributed by atoms with Crippen LogP contribution in [0.3, 0.4) is 0 Å². The van der Waals surface area contributed by atoms with E-state index in [1.54, 1.807) is 0 Å². The van der Waals surface area contributed by atoms with Gasteiger partial charge in [0.25, 0.3) is 0 Å². The summed E-state index contributed by atoms with van der Waals surface area (Å²) in [4.78, 5) is 4.36. The van der Waals surface area contributed by atoms with Crippen LogP contribution < -0.4 is 0 Å². The number of imidazole rings is 1. The number of hydrogen-bond acceptors (Lipinski definition) is 2. The van der Waals surface area contributed by atoms with Crippen molar-refractivity contribution in [2.24, 2.45) is 5.92 Å². The normalized spacial score (nSPS) is 27.0. The maximum absolute atomic E-state index is 9.43. The van der Waals surface area contributed by atoms with Crippen molar-refractivity contribution in [3.05, 3.63) is 18.2 Å². The minimum atomic E-state index is -0.0648. The van der Waals surface area contributed by atoms with Crippen LogP contribution in [-0.4, -0.2) is 20.8 Å². The fourth-order valence-corrected chi connectivity index (χ4v) is 2.31. The van der Waals surface area contributed by atoms with Crippen molar-refractivity contribution in [2.75, 3.05) is 0 Å². The van der Waals surface area contributed by atoms with E-state index >= 15 is 0 Å². The molecule has 0 saturated heterocycles. The average Bonchev–Trinajstić information content (AvgIpc) is 2.76. The highest BCUT2D eigenvalue weighted by Crippen LogP contribution is 2.27. The second-order valence-electron chi connectivity index (χ2n) is 4.17. The van der Waals surface area contributed by atoms with Crippen LogP contribution >= 0.6 is 0 Å². The van der Waals surface area contributed by atoms with Crippen molar-refractivity contribution in [1.82, 2.24) is 9.55 Å². The summed E-state index contributed by atoms with van der Waals surface area (Å²) in [6, 6.07) is 0. The summed E-state index contributed by atoms with van der Waals surface area (Å²) in [5.74, 6) is 1.81. The average molecular weight is 194 g/mol. The minimum Gasteiger partial charge on any atom is -0.393 e. The molecule has 2 atom stereocenters. The maximum atomic E-state index is 9.43. The Morgan fingerprint density at radius 1 is 1.57 bits per heavy atom. The Balaban J connectivity index is 1.97. The standard InChI is InChI=1S/C11H18N2O/c1-2-13-6-5-12-11(13)8-9-3-4-10(14)7-9/h5-6,9-10,14H,2-4,7-8H2,1H3. The Kier molecular flexibility index (Phi) is 2.87. The molecular weight excluding hydrogens is 176 g/mol. The zero-order valence-corrected chi connectivity index (χ0v) is 8.69. The van der Waals surface area contributed by atoms with Gasteiger partial charge in [0.05, 0.1) is 6.10 Å². The van der Waals surface area contributed by atoms with Gasteiger partial charge in [-0.15, -0.1) is 0 Å². The van der Waals surface area contributed by atoms with E-state index in [9.17, 15) is 5.11 Å². The van der Waals surface area contributed by atoms with Gasteiger partial charge in [0.1, 0.15) is 5.82 Å². The van der Waals surface area contributed by atoms with Gasteiger partial charge in [-0.05, 0) is 32.1 Å². The molecule has 1 aromatic heterocycles. The van der Waals surface area contributed by atoms with Crippen molar-refractivity contribution < 1.29 is 5.11 Å². The topological polar surface area (TPSA) is 38.0 Å². The molecule has 1 aromatic rings. The summed E-state index contributed by atoms with van der Waals surface area (Å²) < 4.78 is 2.19. The molecule has 78 valence electrons. The predicted octanol–water partition coefficient (Wildman–Crippen LogP) is 1.61. The molecule has 0 radical (unpaired) electrons. The molecule has 1 N–H and O–H groups in total. The first-order valence-corrected chi connectivity index (χ1v) is 5.47. The number of hydrogen-bond donors (Lipinski definition) is 1. The van der Waals surface area contributed by atoms with Gasteiger partial charge in [0, 0.05) is 25.4 Å². The van der Waals surface area contributed by atoms with E-state index < -0.39 is 0 Å². The zero-order valence-electron chi connectivity index (χ0n) is 8.69. The summed E-state index contributed by atoms with van der Waals surface area (Å²) in [6.45, 7) is 3.12. The van der Waals surface area contributed by atoms with Gasteiger partial charge in [-0.3, -0.25) is 0 Å². The molecular formula is C11H18N2O. The Morgan fingerprint density at radius 3 is 3.07 bits per heavy atom. The van der Waals surface area contributed by atoms with Gasteiger partial charge in [-0.2, -0.15) is 0 Å². The number of aliphatic hydroxyl groups excluding tert-OH is 1. The smallest absolute Gasteiger partial charge is 0.108 e. The Labute approximate surface area is 84.8 Å². The number of rotatable bonds is 3. The van der Waals surface area contributed by atoms with Crippen molar-refractivity contribution in [1.29, 1.82) is 0 Å². The molecule has 0 aliphatic heterocycles. The zero-order chi connectivity index (χ0) is 9.97. The van der Waals surface area contributed by atoms with Crippen LogP contribution in [-0.2, 0) is 13.0 Å². The lowest BCUT2D eigenvalue weighted by Crippen LogP contribution is -2.08. The van der Waals surface area contributed by atoms with Crippen molar-refractivity contribution in [3.63, 3.8) is 0 Å². The van der Waals surface area contributed by atoms with E-state index in [0.29, 0.717) is 5.92 Å². The van der Waals surface area contributed by atoms with E-state index in [2.05, 4.69) is 16.5 Å². The number of aromatic nitrogens is 2. The van der Waals surface area contributed by atoms with Gasteiger partial charge in [-0.1, -0.05) is 0 Å². The molecule has 3 heteroatoms. The molecule has 0 spiro atoms. The molecule has 1 saturated carbocycles. The van der Waals surface area contributed by atoms with Crippen LogP contribution in [0.4, 0.5) is 0 Å². The molecule has 0 amide bonds. The molecule has 1 aliphatic rings. The summed E-state index contributed by atoms with van der Waals surface area (Å²) in [5, 5.41) is 9.43. The minimum absolute atomic E-state index is 0.0648. The van der Waals surface area contributed by atoms with Crippen molar-refractivity contribution >= 4 is 0 Å². The van der Waals surface area contributed by atoms with Crippen molar-refractivity contribution in [3.8, 4) is 0 Å². The highest BCUT2D eigenvalue weighted by Gasteiger charge is 2.23. The van der Waals surface area contributed by atoms with E-state index in [0.717, 1.165) is 32.2 Å².